The fourth-order valence-corrected chi connectivity index (χ4v) is 4.23. The second kappa shape index (κ2) is 7.57. The number of hydrogen-bond acceptors (Lipinski definition) is 5. The topological polar surface area (TPSA) is 64.3 Å². The third-order valence-electron chi connectivity index (χ3n) is 4.79. The molecular formula is C19H23N5OS. The van der Waals surface area contributed by atoms with E-state index in [0.717, 1.165) is 43.6 Å². The van der Waals surface area contributed by atoms with Crippen LogP contribution in [0.2, 0.25) is 0 Å². The highest BCUT2D eigenvalue weighted by molar-refractivity contribution is 7.09. The fraction of sp³-hybridized carbons (Fsp3) is 0.368. The molecule has 3 heterocycles. The van der Waals surface area contributed by atoms with Crippen LogP contribution in [0.5, 0.6) is 0 Å². The Morgan fingerprint density at radius 3 is 3.00 bits per heavy atom. The van der Waals surface area contributed by atoms with Crippen molar-refractivity contribution in [3.05, 3.63) is 52.3 Å². The molecule has 1 amide bonds. The minimum absolute atomic E-state index is 0.0745. The normalized spacial score (nSPS) is 19.5. The summed E-state index contributed by atoms with van der Waals surface area (Å²) in [7, 11) is 2.11. The maximum Gasteiger partial charge on any atom is 0.272 e. The molecule has 1 aliphatic rings. The number of fused-ring (bicyclic) bond motifs is 1. The number of amides is 1. The lowest BCUT2D eigenvalue weighted by Crippen LogP contribution is -2.46. The minimum Gasteiger partial charge on any atom is -0.345 e. The van der Waals surface area contributed by atoms with Gasteiger partial charge >= 0.3 is 0 Å². The molecule has 1 aliphatic heterocycles. The lowest BCUT2D eigenvalue weighted by molar-refractivity contribution is 0.0920. The number of para-hydroxylation sites is 1. The summed E-state index contributed by atoms with van der Waals surface area (Å²) in [6, 6.07) is 12.1. The molecule has 1 fully saturated rings. The number of benzene rings is 1. The van der Waals surface area contributed by atoms with E-state index in [4.69, 9.17) is 0 Å². The summed E-state index contributed by atoms with van der Waals surface area (Å²) in [6.07, 6.45) is 0. The molecule has 7 heteroatoms. The van der Waals surface area contributed by atoms with Crippen molar-refractivity contribution in [3.8, 4) is 0 Å². The molecule has 1 aromatic carbocycles. The largest absolute Gasteiger partial charge is 0.345 e. The number of thiophene rings is 1. The van der Waals surface area contributed by atoms with Gasteiger partial charge in [0, 0.05) is 43.0 Å². The summed E-state index contributed by atoms with van der Waals surface area (Å²) in [6.45, 7) is 4.63. The van der Waals surface area contributed by atoms with Gasteiger partial charge in [-0.3, -0.25) is 14.8 Å². The number of nitrogens with one attached hydrogen (secondary N) is 2. The maximum absolute atomic E-state index is 12.8. The van der Waals surface area contributed by atoms with E-state index in [0.29, 0.717) is 5.69 Å². The van der Waals surface area contributed by atoms with Gasteiger partial charge in [0.25, 0.3) is 5.91 Å². The zero-order valence-corrected chi connectivity index (χ0v) is 15.6. The van der Waals surface area contributed by atoms with Crippen LogP contribution in [0.25, 0.3) is 10.9 Å². The molecular weight excluding hydrogens is 346 g/mol. The average molecular weight is 369 g/mol. The summed E-state index contributed by atoms with van der Waals surface area (Å²) in [5.41, 5.74) is 1.35. The Bertz CT molecular complexity index is 875. The van der Waals surface area contributed by atoms with Crippen LogP contribution >= 0.6 is 11.3 Å². The summed E-state index contributed by atoms with van der Waals surface area (Å²) >= 11 is 1.78. The third-order valence-corrected chi connectivity index (χ3v) is 5.65. The van der Waals surface area contributed by atoms with Gasteiger partial charge in [-0.15, -0.1) is 11.3 Å². The number of carbonyl (C=O) groups excluding carboxylic acids is 1. The Hall–Kier alpha value is -2.22. The van der Waals surface area contributed by atoms with E-state index in [9.17, 15) is 4.79 Å². The Morgan fingerprint density at radius 2 is 2.15 bits per heavy atom. The first-order valence-corrected chi connectivity index (χ1v) is 9.74. The van der Waals surface area contributed by atoms with Crippen molar-refractivity contribution >= 4 is 28.1 Å². The van der Waals surface area contributed by atoms with Crippen LogP contribution < -0.4 is 5.32 Å². The van der Waals surface area contributed by atoms with Crippen LogP contribution in [0.15, 0.2) is 41.8 Å². The Kier molecular flexibility index (Phi) is 5.01. The van der Waals surface area contributed by atoms with Crippen molar-refractivity contribution in [1.82, 2.24) is 25.3 Å². The van der Waals surface area contributed by atoms with E-state index in [1.807, 2.05) is 24.3 Å². The highest BCUT2D eigenvalue weighted by Crippen LogP contribution is 2.16. The zero-order valence-electron chi connectivity index (χ0n) is 14.8. The van der Waals surface area contributed by atoms with Gasteiger partial charge in [0.1, 0.15) is 0 Å². The van der Waals surface area contributed by atoms with Crippen molar-refractivity contribution < 1.29 is 4.79 Å². The number of likely N-dealkylation sites (N-methyl/N-ethyl adjacent to an activating group) is 1. The summed E-state index contributed by atoms with van der Waals surface area (Å²) in [5.74, 6) is -0.112. The Balaban J connectivity index is 1.47. The average Bonchev–Trinajstić information content (AvgIpc) is 3.25. The predicted molar refractivity (Wildman–Crippen MR) is 104 cm³/mol. The van der Waals surface area contributed by atoms with Crippen LogP contribution in [0, 0.1) is 0 Å². The van der Waals surface area contributed by atoms with Crippen LogP contribution in [0.3, 0.4) is 0 Å². The quantitative estimate of drug-likeness (QED) is 0.740. The molecule has 6 nitrogen and oxygen atoms in total. The smallest absolute Gasteiger partial charge is 0.272 e. The second-order valence-electron chi connectivity index (χ2n) is 6.86. The number of H-pyrrole nitrogens is 1. The van der Waals surface area contributed by atoms with Crippen molar-refractivity contribution in [2.75, 3.05) is 33.2 Å². The number of carbonyl (C=O) groups is 1. The van der Waals surface area contributed by atoms with E-state index in [2.05, 4.69) is 49.9 Å². The number of rotatable bonds is 4. The maximum atomic E-state index is 12.8. The van der Waals surface area contributed by atoms with Crippen LogP contribution in [0.1, 0.15) is 15.4 Å². The second-order valence-corrected chi connectivity index (χ2v) is 7.90. The lowest BCUT2D eigenvalue weighted by atomic mass is 10.2. The van der Waals surface area contributed by atoms with E-state index < -0.39 is 0 Å². The molecule has 1 unspecified atom stereocenters. The molecule has 0 spiro atoms. The monoisotopic (exact) mass is 369 g/mol. The molecule has 1 saturated heterocycles. The minimum atomic E-state index is -0.112. The first kappa shape index (κ1) is 17.2. The van der Waals surface area contributed by atoms with Gasteiger partial charge in [-0.25, -0.2) is 0 Å². The van der Waals surface area contributed by atoms with Crippen molar-refractivity contribution in [1.29, 1.82) is 0 Å². The standard InChI is InChI=1S/C19H23N5OS/c1-23-8-9-24(13-15-5-4-10-26-15)12-14(11-23)20-19(25)18-16-6-2-3-7-17(16)21-22-18/h2-7,10,14H,8-9,11-13H2,1H3,(H,20,25)(H,21,22). The molecule has 4 rings (SSSR count). The van der Waals surface area contributed by atoms with Crippen LogP contribution in [-0.4, -0.2) is 65.2 Å². The molecule has 0 bridgehead atoms. The molecule has 0 radical (unpaired) electrons. The van der Waals surface area contributed by atoms with Crippen LogP contribution in [0.4, 0.5) is 0 Å². The molecule has 3 aromatic rings. The zero-order chi connectivity index (χ0) is 17.9. The van der Waals surface area contributed by atoms with Gasteiger partial charge in [0.2, 0.25) is 0 Å². The number of aromatic amines is 1. The van der Waals surface area contributed by atoms with Gasteiger partial charge in [0.15, 0.2) is 5.69 Å². The first-order valence-electron chi connectivity index (χ1n) is 8.86. The third kappa shape index (κ3) is 3.80. The highest BCUT2D eigenvalue weighted by atomic mass is 32.1. The number of aromatic nitrogens is 2. The van der Waals surface area contributed by atoms with E-state index >= 15 is 0 Å². The molecule has 0 saturated carbocycles. The molecule has 2 aromatic heterocycles. The molecule has 1 atom stereocenters. The van der Waals surface area contributed by atoms with E-state index in [1.54, 1.807) is 11.3 Å². The van der Waals surface area contributed by atoms with E-state index in [-0.39, 0.29) is 11.9 Å². The van der Waals surface area contributed by atoms with Crippen molar-refractivity contribution in [3.63, 3.8) is 0 Å². The SMILES string of the molecule is CN1CCN(Cc2cccs2)CC(NC(=O)c2n[nH]c3ccccc23)C1. The van der Waals surface area contributed by atoms with Gasteiger partial charge in [-0.1, -0.05) is 24.3 Å². The first-order chi connectivity index (χ1) is 12.7. The Morgan fingerprint density at radius 1 is 1.27 bits per heavy atom. The lowest BCUT2D eigenvalue weighted by Gasteiger charge is -2.24. The summed E-state index contributed by atoms with van der Waals surface area (Å²) in [5, 5.41) is 13.3. The molecule has 2 N–H and O–H groups in total. The fourth-order valence-electron chi connectivity index (χ4n) is 3.49. The Labute approximate surface area is 156 Å². The van der Waals surface area contributed by atoms with Crippen molar-refractivity contribution in [2.45, 2.75) is 12.6 Å². The van der Waals surface area contributed by atoms with Gasteiger partial charge in [-0.2, -0.15) is 5.10 Å². The van der Waals surface area contributed by atoms with Gasteiger partial charge in [-0.05, 0) is 24.6 Å². The van der Waals surface area contributed by atoms with Gasteiger partial charge < -0.3 is 10.2 Å². The molecule has 26 heavy (non-hydrogen) atoms. The predicted octanol–water partition coefficient (Wildman–Crippen LogP) is 2.17. The molecule has 136 valence electrons. The number of hydrogen-bond donors (Lipinski definition) is 2. The summed E-state index contributed by atoms with van der Waals surface area (Å²) < 4.78 is 0. The van der Waals surface area contributed by atoms with Crippen molar-refractivity contribution in [2.24, 2.45) is 0 Å². The highest BCUT2D eigenvalue weighted by Gasteiger charge is 2.24. The summed E-state index contributed by atoms with van der Waals surface area (Å²) in [4.78, 5) is 18.9. The number of nitrogens with zero attached hydrogens (tertiary/aromatic N) is 3. The van der Waals surface area contributed by atoms with E-state index in [1.165, 1.54) is 4.88 Å². The molecule has 0 aliphatic carbocycles. The van der Waals surface area contributed by atoms with Gasteiger partial charge in [0.05, 0.1) is 11.6 Å². The van der Waals surface area contributed by atoms with Crippen LogP contribution in [-0.2, 0) is 6.54 Å².